The summed E-state index contributed by atoms with van der Waals surface area (Å²) >= 11 is 0. The second-order valence-corrected chi connectivity index (χ2v) is 12.5. The van der Waals surface area contributed by atoms with Crippen molar-refractivity contribution in [2.75, 3.05) is 74.6 Å². The zero-order chi connectivity index (χ0) is 32.9. The average molecular weight is 638 g/mol. The summed E-state index contributed by atoms with van der Waals surface area (Å²) in [5.74, 6) is 1.45. The Balaban J connectivity index is 1.22. The van der Waals surface area contributed by atoms with Crippen molar-refractivity contribution in [3.05, 3.63) is 72.6 Å². The Labute approximate surface area is 276 Å². The Bertz CT molecular complexity index is 1630. The van der Waals surface area contributed by atoms with Gasteiger partial charge in [0.05, 0.1) is 48.5 Å². The first-order valence-corrected chi connectivity index (χ1v) is 16.2. The minimum atomic E-state index is -0.286. The number of carbonyl (C=O) groups is 1. The molecule has 4 heterocycles. The molecule has 1 amide bonds. The molecule has 0 saturated carbocycles. The van der Waals surface area contributed by atoms with Gasteiger partial charge in [-0.1, -0.05) is 18.7 Å². The molecule has 0 aliphatic carbocycles. The van der Waals surface area contributed by atoms with Gasteiger partial charge in [-0.25, -0.2) is 15.0 Å². The highest BCUT2D eigenvalue weighted by molar-refractivity contribution is 6.02. The highest BCUT2D eigenvalue weighted by atomic mass is 16.7. The van der Waals surface area contributed by atoms with Crippen molar-refractivity contribution in [3.8, 4) is 11.8 Å². The summed E-state index contributed by atoms with van der Waals surface area (Å²) in [5.41, 5.74) is 3.80. The monoisotopic (exact) mass is 637 g/mol. The molecule has 3 aliphatic heterocycles. The van der Waals surface area contributed by atoms with Crippen LogP contribution in [0.5, 0.6) is 5.75 Å². The predicted octanol–water partition coefficient (Wildman–Crippen LogP) is 4.71. The summed E-state index contributed by atoms with van der Waals surface area (Å²) < 4.78 is 5.86. The number of hydrogen-bond acceptors (Lipinski definition) is 11. The molecule has 2 atom stereocenters. The zero-order valence-electron chi connectivity index (χ0n) is 27.4. The lowest BCUT2D eigenvalue weighted by molar-refractivity contribution is -0.111. The Morgan fingerprint density at radius 3 is 2.66 bits per heavy atom. The van der Waals surface area contributed by atoms with E-state index in [1.165, 1.54) is 18.8 Å². The molecule has 0 bridgehead atoms. The van der Waals surface area contributed by atoms with Crippen molar-refractivity contribution >= 4 is 34.6 Å². The molecule has 3 saturated heterocycles. The van der Waals surface area contributed by atoms with Crippen molar-refractivity contribution in [2.45, 2.75) is 43.8 Å². The van der Waals surface area contributed by atoms with Gasteiger partial charge in [-0.2, -0.15) is 5.26 Å². The van der Waals surface area contributed by atoms with Crippen molar-refractivity contribution in [2.24, 2.45) is 0 Å². The quantitative estimate of drug-likeness (QED) is 0.301. The summed E-state index contributed by atoms with van der Waals surface area (Å²) in [5, 5.41) is 17.5. The number of benzene rings is 2. The van der Waals surface area contributed by atoms with Crippen LogP contribution in [-0.4, -0.2) is 91.7 Å². The third kappa shape index (κ3) is 7.17. The third-order valence-corrected chi connectivity index (χ3v) is 9.45. The highest BCUT2D eigenvalue weighted by Gasteiger charge is 2.33. The van der Waals surface area contributed by atoms with Crippen LogP contribution in [0.4, 0.5) is 28.7 Å². The number of anilines is 5. The fraction of sp³-hybridized carbons (Fsp3) is 0.429. The van der Waals surface area contributed by atoms with Gasteiger partial charge in [-0.05, 0) is 63.2 Å². The largest absolute Gasteiger partial charge is 0.494 e. The maximum absolute atomic E-state index is 12.6. The Kier molecular flexibility index (Phi) is 9.87. The van der Waals surface area contributed by atoms with E-state index in [1.54, 1.807) is 18.2 Å². The Hall–Kier alpha value is -4.70. The predicted molar refractivity (Wildman–Crippen MR) is 183 cm³/mol. The summed E-state index contributed by atoms with van der Waals surface area (Å²) in [4.78, 5) is 34.8. The van der Waals surface area contributed by atoms with Crippen LogP contribution in [0.3, 0.4) is 0 Å². The summed E-state index contributed by atoms with van der Waals surface area (Å²) in [6, 6.07) is 16.5. The van der Waals surface area contributed by atoms with E-state index in [9.17, 15) is 10.1 Å². The van der Waals surface area contributed by atoms with E-state index in [4.69, 9.17) is 9.57 Å². The van der Waals surface area contributed by atoms with Crippen LogP contribution in [-0.2, 0) is 9.63 Å². The molecule has 6 rings (SSSR count). The van der Waals surface area contributed by atoms with E-state index in [2.05, 4.69) is 62.0 Å². The molecule has 0 radical (unpaired) electrons. The number of carbonyl (C=O) groups excluding carboxylic acids is 1. The van der Waals surface area contributed by atoms with Gasteiger partial charge in [0.1, 0.15) is 17.9 Å². The number of ether oxygens (including phenoxy) is 1. The minimum Gasteiger partial charge on any atom is -0.494 e. The van der Waals surface area contributed by atoms with Gasteiger partial charge in [0.2, 0.25) is 5.91 Å². The van der Waals surface area contributed by atoms with E-state index in [0.717, 1.165) is 56.7 Å². The molecule has 3 fully saturated rings. The van der Waals surface area contributed by atoms with E-state index in [0.29, 0.717) is 53.0 Å². The lowest BCUT2D eigenvalue weighted by atomic mass is 10.0. The fourth-order valence-electron chi connectivity index (χ4n) is 6.86. The maximum atomic E-state index is 12.6. The smallest absolute Gasteiger partial charge is 0.247 e. The zero-order valence-corrected chi connectivity index (χ0v) is 27.4. The van der Waals surface area contributed by atoms with Crippen molar-refractivity contribution in [3.63, 3.8) is 0 Å². The van der Waals surface area contributed by atoms with Gasteiger partial charge in [-0.15, -0.1) is 0 Å². The highest BCUT2D eigenvalue weighted by Crippen LogP contribution is 2.41. The molecule has 12 heteroatoms. The van der Waals surface area contributed by atoms with Gasteiger partial charge in [-0.3, -0.25) is 14.5 Å². The van der Waals surface area contributed by atoms with Gasteiger partial charge in [0, 0.05) is 56.8 Å². The number of hydrogen-bond donors (Lipinski definition) is 2. The second-order valence-electron chi connectivity index (χ2n) is 12.5. The standard InChI is InChI=1S/C35H43N9O3/c1-5-35(45)40-28-18-29(32(46-4)19-31(28)42-13-9-26(10-14-42)43-15-11-27(22-43)41(2)3)39-33-20-34(38-23-37-33)44-30(12-16-47-44)25-8-6-7-24(17-25)21-36/h5-8,17-20,23,26-27,30H,1,9-16,22H2,2-4H3,(H,40,45)(H,37,38,39)/t27-,30-/m1/s1. The van der Waals surface area contributed by atoms with Crippen LogP contribution < -0.4 is 25.3 Å². The van der Waals surface area contributed by atoms with E-state index in [-0.39, 0.29) is 11.9 Å². The number of nitriles is 1. The first kappa shape index (κ1) is 32.2. The molecule has 12 nitrogen and oxygen atoms in total. The SMILES string of the molecule is C=CC(=O)Nc1cc(Nc2cc(N3OCC[C@@H]3c3cccc(C#N)c3)ncn2)c(OC)cc1N1CCC(N2CC[C@@H](N(C)C)C2)CC1. The molecule has 2 N–H and O–H groups in total. The van der Waals surface area contributed by atoms with Gasteiger partial charge < -0.3 is 25.2 Å². The van der Waals surface area contributed by atoms with Crippen LogP contribution in [0.2, 0.25) is 0 Å². The van der Waals surface area contributed by atoms with Crippen molar-refractivity contribution < 1.29 is 14.4 Å². The van der Waals surface area contributed by atoms with Gasteiger partial charge in [0.25, 0.3) is 0 Å². The van der Waals surface area contributed by atoms with Crippen LogP contribution in [0, 0.1) is 11.3 Å². The topological polar surface area (TPSA) is 122 Å². The molecule has 0 spiro atoms. The van der Waals surface area contributed by atoms with E-state index >= 15 is 0 Å². The molecular weight excluding hydrogens is 594 g/mol. The molecule has 3 aromatic rings. The first-order chi connectivity index (χ1) is 22.9. The molecule has 1 aromatic heterocycles. The second kappa shape index (κ2) is 14.4. The van der Waals surface area contributed by atoms with Gasteiger partial charge >= 0.3 is 0 Å². The van der Waals surface area contributed by atoms with Gasteiger partial charge in [0.15, 0.2) is 5.82 Å². The number of aromatic nitrogens is 2. The minimum absolute atomic E-state index is 0.0930. The van der Waals surface area contributed by atoms with E-state index in [1.807, 2.05) is 36.4 Å². The number of likely N-dealkylation sites (N-methyl/N-ethyl adjacent to an activating group) is 1. The molecule has 2 aromatic carbocycles. The molecular formula is C35H43N9O3. The Morgan fingerprint density at radius 1 is 1.11 bits per heavy atom. The number of hydroxylamine groups is 1. The Morgan fingerprint density at radius 2 is 1.94 bits per heavy atom. The third-order valence-electron chi connectivity index (χ3n) is 9.45. The number of nitrogens with one attached hydrogen (secondary N) is 2. The number of amides is 1. The maximum Gasteiger partial charge on any atom is 0.247 e. The van der Waals surface area contributed by atoms with Crippen molar-refractivity contribution in [1.82, 2.24) is 19.8 Å². The number of rotatable bonds is 10. The molecule has 246 valence electrons. The lowest BCUT2D eigenvalue weighted by Crippen LogP contribution is -2.45. The molecule has 47 heavy (non-hydrogen) atoms. The fourth-order valence-corrected chi connectivity index (χ4v) is 6.86. The van der Waals surface area contributed by atoms with Crippen LogP contribution in [0.15, 0.2) is 61.4 Å². The summed E-state index contributed by atoms with van der Waals surface area (Å²) in [6.07, 6.45) is 6.84. The lowest BCUT2D eigenvalue weighted by Gasteiger charge is -2.39. The first-order valence-electron chi connectivity index (χ1n) is 16.2. The average Bonchev–Trinajstić information content (AvgIpc) is 3.80. The van der Waals surface area contributed by atoms with Crippen LogP contribution >= 0.6 is 0 Å². The van der Waals surface area contributed by atoms with Crippen LogP contribution in [0.1, 0.15) is 42.9 Å². The van der Waals surface area contributed by atoms with Crippen LogP contribution in [0.25, 0.3) is 0 Å². The molecule has 3 aliphatic rings. The normalized spacial score (nSPS) is 20.3. The number of likely N-dealkylation sites (tertiary alicyclic amines) is 1. The molecule has 0 unspecified atom stereocenters. The summed E-state index contributed by atoms with van der Waals surface area (Å²) in [7, 11) is 5.97. The van der Waals surface area contributed by atoms with E-state index < -0.39 is 0 Å². The summed E-state index contributed by atoms with van der Waals surface area (Å²) in [6.45, 7) is 8.21. The van der Waals surface area contributed by atoms with Crippen molar-refractivity contribution in [1.29, 1.82) is 5.26 Å². The number of methoxy groups -OCH3 is 1. The number of nitrogens with zero attached hydrogens (tertiary/aromatic N) is 7. The number of piperidine rings is 1.